The Morgan fingerprint density at radius 2 is 2.27 bits per heavy atom. The Morgan fingerprint density at radius 1 is 1.53 bits per heavy atom. The first-order valence-electron chi connectivity index (χ1n) is 4.53. The lowest BCUT2D eigenvalue weighted by Gasteiger charge is -1.98. The van der Waals surface area contributed by atoms with Gasteiger partial charge in [0.05, 0.1) is 0 Å². The molecule has 0 unspecified atom stereocenters. The molecule has 2 N–H and O–H groups in total. The zero-order chi connectivity index (χ0) is 11.3. The van der Waals surface area contributed by atoms with E-state index in [-0.39, 0.29) is 18.7 Å². The first-order valence-corrected chi connectivity index (χ1v) is 4.53. The molecule has 82 valence electrons. The topological polar surface area (TPSA) is 92.4 Å². The third-order valence-corrected chi connectivity index (χ3v) is 1.69. The number of nitrogens with zero attached hydrogens (tertiary/aromatic N) is 1. The molecule has 0 aromatic carbocycles. The highest BCUT2D eigenvalue weighted by atomic mass is 16.5. The van der Waals surface area contributed by atoms with Crippen molar-refractivity contribution in [3.05, 3.63) is 11.8 Å². The number of aromatic nitrogens is 1. The molecule has 0 fully saturated rings. The van der Waals surface area contributed by atoms with E-state index in [4.69, 9.17) is 9.63 Å². The standard InChI is InChI=1S/C9H12N2O4/c1-6-5-7(11-15-6)10-8(12)3-2-4-9(13)14/h5H,2-4H2,1H3,(H,13,14)(H,10,11,12). The van der Waals surface area contributed by atoms with E-state index in [0.29, 0.717) is 18.0 Å². The van der Waals surface area contributed by atoms with Crippen LogP contribution in [0.1, 0.15) is 25.0 Å². The van der Waals surface area contributed by atoms with Gasteiger partial charge in [-0.3, -0.25) is 9.59 Å². The molecule has 0 aliphatic heterocycles. The molecule has 0 aliphatic carbocycles. The maximum absolute atomic E-state index is 11.2. The highest BCUT2D eigenvalue weighted by Gasteiger charge is 2.06. The van der Waals surface area contributed by atoms with Gasteiger partial charge in [0.25, 0.3) is 0 Å². The molecule has 1 rings (SSSR count). The smallest absolute Gasteiger partial charge is 0.303 e. The van der Waals surface area contributed by atoms with Crippen molar-refractivity contribution in [2.45, 2.75) is 26.2 Å². The van der Waals surface area contributed by atoms with Gasteiger partial charge >= 0.3 is 5.97 Å². The van der Waals surface area contributed by atoms with Crippen molar-refractivity contribution in [2.24, 2.45) is 0 Å². The maximum atomic E-state index is 11.2. The summed E-state index contributed by atoms with van der Waals surface area (Å²) in [4.78, 5) is 21.4. The number of aliphatic carboxylic acids is 1. The van der Waals surface area contributed by atoms with E-state index in [2.05, 4.69) is 10.5 Å². The van der Waals surface area contributed by atoms with Gasteiger partial charge in [0, 0.05) is 18.9 Å². The van der Waals surface area contributed by atoms with Crippen molar-refractivity contribution < 1.29 is 19.2 Å². The van der Waals surface area contributed by atoms with Crippen LogP contribution in [0, 0.1) is 6.92 Å². The van der Waals surface area contributed by atoms with Crippen molar-refractivity contribution in [3.8, 4) is 0 Å². The third-order valence-electron chi connectivity index (χ3n) is 1.69. The normalized spacial score (nSPS) is 9.93. The van der Waals surface area contributed by atoms with E-state index in [1.54, 1.807) is 13.0 Å². The number of rotatable bonds is 5. The molecule has 6 heteroatoms. The van der Waals surface area contributed by atoms with Crippen molar-refractivity contribution in [3.63, 3.8) is 0 Å². The predicted molar refractivity (Wildman–Crippen MR) is 51.4 cm³/mol. The van der Waals surface area contributed by atoms with Crippen LogP contribution < -0.4 is 5.32 Å². The van der Waals surface area contributed by atoms with Gasteiger partial charge in [-0.25, -0.2) is 0 Å². The van der Waals surface area contributed by atoms with Crippen molar-refractivity contribution >= 4 is 17.7 Å². The van der Waals surface area contributed by atoms with Crippen LogP contribution in [0.4, 0.5) is 5.82 Å². The third kappa shape index (κ3) is 4.26. The Kier molecular flexibility index (Phi) is 3.84. The van der Waals surface area contributed by atoms with Crippen LogP contribution >= 0.6 is 0 Å². The molecular formula is C9H12N2O4. The molecule has 0 saturated carbocycles. The van der Waals surface area contributed by atoms with Gasteiger partial charge in [0.1, 0.15) is 5.76 Å². The van der Waals surface area contributed by atoms with E-state index >= 15 is 0 Å². The molecule has 15 heavy (non-hydrogen) atoms. The van der Waals surface area contributed by atoms with Crippen LogP contribution in [0.5, 0.6) is 0 Å². The van der Waals surface area contributed by atoms with E-state index in [1.165, 1.54) is 0 Å². The van der Waals surface area contributed by atoms with Crippen LogP contribution in [0.2, 0.25) is 0 Å². The second-order valence-electron chi connectivity index (χ2n) is 3.12. The molecule has 0 atom stereocenters. The van der Waals surface area contributed by atoms with Crippen LogP contribution in [0.25, 0.3) is 0 Å². The van der Waals surface area contributed by atoms with Gasteiger partial charge in [-0.05, 0) is 13.3 Å². The van der Waals surface area contributed by atoms with Crippen molar-refractivity contribution in [1.29, 1.82) is 0 Å². The van der Waals surface area contributed by atoms with Crippen LogP contribution in [-0.4, -0.2) is 22.1 Å². The predicted octanol–water partition coefficient (Wildman–Crippen LogP) is 1.18. The largest absolute Gasteiger partial charge is 0.481 e. The van der Waals surface area contributed by atoms with E-state index < -0.39 is 5.97 Å². The minimum Gasteiger partial charge on any atom is -0.481 e. The highest BCUT2D eigenvalue weighted by Crippen LogP contribution is 2.08. The van der Waals surface area contributed by atoms with E-state index in [0.717, 1.165) is 0 Å². The second-order valence-corrected chi connectivity index (χ2v) is 3.12. The maximum Gasteiger partial charge on any atom is 0.303 e. The number of carbonyl (C=O) groups is 2. The molecular weight excluding hydrogens is 200 g/mol. The number of amides is 1. The molecule has 1 amide bonds. The minimum absolute atomic E-state index is 0.00867. The summed E-state index contributed by atoms with van der Waals surface area (Å²) >= 11 is 0. The van der Waals surface area contributed by atoms with Crippen molar-refractivity contribution in [1.82, 2.24) is 5.16 Å². The monoisotopic (exact) mass is 212 g/mol. The Morgan fingerprint density at radius 3 is 2.80 bits per heavy atom. The number of nitrogens with one attached hydrogen (secondary N) is 1. The number of carbonyl (C=O) groups excluding carboxylic acids is 1. The molecule has 0 spiro atoms. The number of carboxylic acid groups (broad SMARTS) is 1. The number of hydrogen-bond donors (Lipinski definition) is 2. The number of aryl methyl sites for hydroxylation is 1. The summed E-state index contributed by atoms with van der Waals surface area (Å²) in [5.41, 5.74) is 0. The summed E-state index contributed by atoms with van der Waals surface area (Å²) in [7, 11) is 0. The summed E-state index contributed by atoms with van der Waals surface area (Å²) in [6.45, 7) is 1.72. The molecule has 0 radical (unpaired) electrons. The Hall–Kier alpha value is -1.85. The first kappa shape index (κ1) is 11.2. The molecule has 0 bridgehead atoms. The quantitative estimate of drug-likeness (QED) is 0.764. The summed E-state index contributed by atoms with van der Waals surface area (Å²) < 4.78 is 4.75. The van der Waals surface area contributed by atoms with Gasteiger partial charge in [0.2, 0.25) is 5.91 Å². The van der Waals surface area contributed by atoms with Gasteiger partial charge in [0.15, 0.2) is 5.82 Å². The molecule has 0 saturated heterocycles. The fourth-order valence-electron chi connectivity index (χ4n) is 1.03. The molecule has 6 nitrogen and oxygen atoms in total. The van der Waals surface area contributed by atoms with Crippen molar-refractivity contribution in [2.75, 3.05) is 5.32 Å². The molecule has 1 heterocycles. The van der Waals surface area contributed by atoms with Gasteiger partial charge < -0.3 is 14.9 Å². The number of hydrogen-bond acceptors (Lipinski definition) is 4. The SMILES string of the molecule is Cc1cc(NC(=O)CCCC(=O)O)no1. The number of anilines is 1. The highest BCUT2D eigenvalue weighted by molar-refractivity contribution is 5.89. The Labute approximate surface area is 86.3 Å². The van der Waals surface area contributed by atoms with Crippen LogP contribution in [0.3, 0.4) is 0 Å². The summed E-state index contributed by atoms with van der Waals surface area (Å²) in [6, 6.07) is 1.59. The number of carboxylic acids is 1. The summed E-state index contributed by atoms with van der Waals surface area (Å²) in [6.07, 6.45) is 0.474. The second kappa shape index (κ2) is 5.14. The zero-order valence-corrected chi connectivity index (χ0v) is 8.32. The van der Waals surface area contributed by atoms with Crippen LogP contribution in [-0.2, 0) is 9.59 Å². The lowest BCUT2D eigenvalue weighted by molar-refractivity contribution is -0.137. The lowest BCUT2D eigenvalue weighted by atomic mass is 10.2. The average Bonchev–Trinajstić information content (AvgIpc) is 2.50. The minimum atomic E-state index is -0.903. The summed E-state index contributed by atoms with van der Waals surface area (Å²) in [5.74, 6) is -0.201. The van der Waals surface area contributed by atoms with Gasteiger partial charge in [-0.1, -0.05) is 5.16 Å². The van der Waals surface area contributed by atoms with E-state index in [1.807, 2.05) is 0 Å². The fourth-order valence-corrected chi connectivity index (χ4v) is 1.03. The zero-order valence-electron chi connectivity index (χ0n) is 8.32. The lowest BCUT2D eigenvalue weighted by Crippen LogP contribution is -2.11. The fraction of sp³-hybridized carbons (Fsp3) is 0.444. The Balaban J connectivity index is 2.27. The Bertz CT molecular complexity index is 359. The average molecular weight is 212 g/mol. The summed E-state index contributed by atoms with van der Waals surface area (Å²) in [5, 5.41) is 14.4. The van der Waals surface area contributed by atoms with Gasteiger partial charge in [-0.2, -0.15) is 0 Å². The molecule has 1 aromatic rings. The molecule has 0 aliphatic rings. The van der Waals surface area contributed by atoms with E-state index in [9.17, 15) is 9.59 Å². The first-order chi connectivity index (χ1) is 7.08. The van der Waals surface area contributed by atoms with Crippen LogP contribution in [0.15, 0.2) is 10.6 Å². The molecule has 1 aromatic heterocycles. The van der Waals surface area contributed by atoms with Gasteiger partial charge in [-0.15, -0.1) is 0 Å².